The number of rotatable bonds is 5. The van der Waals surface area contributed by atoms with Crippen molar-refractivity contribution in [2.24, 2.45) is 0 Å². The van der Waals surface area contributed by atoms with Crippen LogP contribution in [0.15, 0.2) is 61.1 Å². The molecular formula is C23H22FN3O2. The molecule has 0 aliphatic heterocycles. The molecule has 0 spiro atoms. The number of hydrogen-bond donors (Lipinski definition) is 1. The van der Waals surface area contributed by atoms with Crippen LogP contribution < -0.4 is 10.1 Å². The summed E-state index contributed by atoms with van der Waals surface area (Å²) >= 11 is 0. The van der Waals surface area contributed by atoms with Crippen molar-refractivity contribution >= 4 is 12.0 Å². The highest BCUT2D eigenvalue weighted by Gasteiger charge is 2.32. The van der Waals surface area contributed by atoms with Crippen molar-refractivity contribution < 1.29 is 13.9 Å². The van der Waals surface area contributed by atoms with Gasteiger partial charge in [-0.25, -0.2) is 9.37 Å². The number of fused-ring (bicyclic) bond motifs is 1. The van der Waals surface area contributed by atoms with Crippen LogP contribution in [0.4, 0.5) is 4.39 Å². The van der Waals surface area contributed by atoms with Crippen LogP contribution in [-0.4, -0.2) is 28.7 Å². The van der Waals surface area contributed by atoms with Crippen LogP contribution in [0.5, 0.6) is 5.75 Å². The second-order valence-corrected chi connectivity index (χ2v) is 7.09. The number of alkyl halides is 1. The molecule has 0 saturated heterocycles. The van der Waals surface area contributed by atoms with E-state index in [4.69, 9.17) is 4.74 Å². The van der Waals surface area contributed by atoms with Gasteiger partial charge < -0.3 is 14.6 Å². The fourth-order valence-corrected chi connectivity index (χ4v) is 3.65. The van der Waals surface area contributed by atoms with Crippen LogP contribution in [0.25, 0.3) is 11.8 Å². The predicted octanol–water partition coefficient (Wildman–Crippen LogP) is 3.95. The first-order valence-corrected chi connectivity index (χ1v) is 9.44. The molecule has 1 N–H and O–H groups in total. The molecule has 2 aromatic carbocycles. The van der Waals surface area contributed by atoms with Crippen LogP contribution >= 0.6 is 0 Å². The van der Waals surface area contributed by atoms with Crippen molar-refractivity contribution in [1.29, 1.82) is 0 Å². The SMILES string of the molecule is COc1cc(C=CC(=O)NC2c3ccccc3C[C@@H]2F)ccc1-n1cnc(C)c1. The molecule has 1 unspecified atom stereocenters. The molecule has 4 rings (SSSR count). The van der Waals surface area contributed by atoms with Crippen molar-refractivity contribution in [3.8, 4) is 11.4 Å². The van der Waals surface area contributed by atoms with Crippen molar-refractivity contribution in [3.63, 3.8) is 0 Å². The molecule has 148 valence electrons. The van der Waals surface area contributed by atoms with E-state index in [2.05, 4.69) is 10.3 Å². The lowest BCUT2D eigenvalue weighted by molar-refractivity contribution is -0.117. The summed E-state index contributed by atoms with van der Waals surface area (Å²) in [5.74, 6) is 0.334. The summed E-state index contributed by atoms with van der Waals surface area (Å²) < 4.78 is 21.7. The lowest BCUT2D eigenvalue weighted by Gasteiger charge is -2.15. The number of carbonyl (C=O) groups is 1. The molecule has 29 heavy (non-hydrogen) atoms. The van der Waals surface area contributed by atoms with Gasteiger partial charge in [0, 0.05) is 18.7 Å². The zero-order valence-corrected chi connectivity index (χ0v) is 16.3. The van der Waals surface area contributed by atoms with Crippen LogP contribution in [0.1, 0.15) is 28.4 Å². The van der Waals surface area contributed by atoms with Gasteiger partial charge in [-0.15, -0.1) is 0 Å². The lowest BCUT2D eigenvalue weighted by Crippen LogP contribution is -2.30. The van der Waals surface area contributed by atoms with Crippen molar-refractivity contribution in [2.45, 2.75) is 25.6 Å². The molecule has 1 aliphatic carbocycles. The zero-order chi connectivity index (χ0) is 20.4. The molecule has 1 aliphatic rings. The molecule has 1 aromatic heterocycles. The second-order valence-electron chi connectivity index (χ2n) is 7.09. The minimum atomic E-state index is -1.11. The number of hydrogen-bond acceptors (Lipinski definition) is 3. The number of nitrogens with zero attached hydrogens (tertiary/aromatic N) is 2. The smallest absolute Gasteiger partial charge is 0.244 e. The Morgan fingerprint density at radius 1 is 1.31 bits per heavy atom. The average Bonchev–Trinajstić information content (AvgIpc) is 3.29. The summed E-state index contributed by atoms with van der Waals surface area (Å²) in [6.07, 6.45) is 5.97. The highest BCUT2D eigenvalue weighted by Crippen LogP contribution is 2.33. The number of imidazole rings is 1. The summed E-state index contributed by atoms with van der Waals surface area (Å²) in [6.45, 7) is 1.92. The minimum Gasteiger partial charge on any atom is -0.495 e. The summed E-state index contributed by atoms with van der Waals surface area (Å²) in [5, 5.41) is 2.78. The van der Waals surface area contributed by atoms with E-state index >= 15 is 0 Å². The number of ether oxygens (including phenoxy) is 1. The topological polar surface area (TPSA) is 56.1 Å². The number of halogens is 1. The third kappa shape index (κ3) is 3.92. The van der Waals surface area contributed by atoms with E-state index in [1.165, 1.54) is 6.08 Å². The molecule has 6 heteroatoms. The third-order valence-electron chi connectivity index (χ3n) is 5.09. The Hall–Kier alpha value is -3.41. The Morgan fingerprint density at radius 2 is 2.14 bits per heavy atom. The molecule has 0 bridgehead atoms. The molecule has 2 atom stereocenters. The van der Waals surface area contributed by atoms with Crippen molar-refractivity contribution in [1.82, 2.24) is 14.9 Å². The summed E-state index contributed by atoms with van der Waals surface area (Å²) in [4.78, 5) is 16.6. The van der Waals surface area contributed by atoms with E-state index in [1.807, 2.05) is 60.2 Å². The molecule has 0 saturated carbocycles. The molecule has 5 nitrogen and oxygen atoms in total. The van der Waals surface area contributed by atoms with Gasteiger partial charge in [0.1, 0.15) is 11.9 Å². The minimum absolute atomic E-state index is 0.331. The van der Waals surface area contributed by atoms with Gasteiger partial charge in [0.25, 0.3) is 0 Å². The van der Waals surface area contributed by atoms with Gasteiger partial charge in [0.05, 0.1) is 30.9 Å². The van der Waals surface area contributed by atoms with Crippen molar-refractivity contribution in [3.05, 3.63) is 83.4 Å². The Bertz CT molecular complexity index is 1070. The van der Waals surface area contributed by atoms with Gasteiger partial charge in [-0.05, 0) is 41.8 Å². The summed E-state index contributed by atoms with van der Waals surface area (Å²) in [7, 11) is 1.60. The average molecular weight is 391 g/mol. The number of carbonyl (C=O) groups excluding carboxylic acids is 1. The van der Waals surface area contributed by atoms with Gasteiger partial charge in [-0.2, -0.15) is 0 Å². The quantitative estimate of drug-likeness (QED) is 0.670. The normalized spacial score (nSPS) is 18.0. The first-order valence-electron chi connectivity index (χ1n) is 9.44. The largest absolute Gasteiger partial charge is 0.495 e. The Morgan fingerprint density at radius 3 is 2.90 bits per heavy atom. The monoisotopic (exact) mass is 391 g/mol. The lowest BCUT2D eigenvalue weighted by atomic mass is 10.1. The Balaban J connectivity index is 1.48. The van der Waals surface area contributed by atoms with Gasteiger partial charge >= 0.3 is 0 Å². The Kier molecular flexibility index (Phi) is 5.16. The third-order valence-corrected chi connectivity index (χ3v) is 5.09. The first kappa shape index (κ1) is 18.9. The summed E-state index contributed by atoms with van der Waals surface area (Å²) in [6, 6.07) is 12.5. The molecule has 1 heterocycles. The van der Waals surface area contributed by atoms with Gasteiger partial charge in [0.2, 0.25) is 5.91 Å². The molecule has 3 aromatic rings. The van der Waals surface area contributed by atoms with Crippen LogP contribution in [0.3, 0.4) is 0 Å². The van der Waals surface area contributed by atoms with Gasteiger partial charge in [0.15, 0.2) is 0 Å². The fraction of sp³-hybridized carbons (Fsp3) is 0.217. The number of aryl methyl sites for hydroxylation is 1. The number of aromatic nitrogens is 2. The zero-order valence-electron chi connectivity index (χ0n) is 16.3. The van der Waals surface area contributed by atoms with E-state index in [0.29, 0.717) is 12.2 Å². The van der Waals surface area contributed by atoms with Crippen LogP contribution in [0.2, 0.25) is 0 Å². The maximum Gasteiger partial charge on any atom is 0.244 e. The predicted molar refractivity (Wildman–Crippen MR) is 110 cm³/mol. The Labute approximate surface area is 168 Å². The van der Waals surface area contributed by atoms with Gasteiger partial charge in [-0.3, -0.25) is 4.79 Å². The fourth-order valence-electron chi connectivity index (χ4n) is 3.65. The summed E-state index contributed by atoms with van der Waals surface area (Å²) in [5.41, 5.74) is 4.37. The van der Waals surface area contributed by atoms with E-state index in [0.717, 1.165) is 28.1 Å². The van der Waals surface area contributed by atoms with E-state index in [9.17, 15) is 9.18 Å². The second kappa shape index (κ2) is 7.91. The maximum atomic E-state index is 14.3. The highest BCUT2D eigenvalue weighted by atomic mass is 19.1. The molecular weight excluding hydrogens is 369 g/mol. The van der Waals surface area contributed by atoms with Crippen LogP contribution in [0, 0.1) is 6.92 Å². The molecule has 0 fully saturated rings. The van der Waals surface area contributed by atoms with E-state index in [1.54, 1.807) is 19.5 Å². The number of methoxy groups -OCH3 is 1. The molecule has 0 radical (unpaired) electrons. The molecule has 1 amide bonds. The van der Waals surface area contributed by atoms with E-state index in [-0.39, 0.29) is 5.91 Å². The number of amides is 1. The highest BCUT2D eigenvalue weighted by molar-refractivity contribution is 5.92. The van der Waals surface area contributed by atoms with Crippen LogP contribution in [-0.2, 0) is 11.2 Å². The first-order chi connectivity index (χ1) is 14.0. The van der Waals surface area contributed by atoms with Gasteiger partial charge in [-0.1, -0.05) is 30.3 Å². The maximum absolute atomic E-state index is 14.3. The van der Waals surface area contributed by atoms with E-state index < -0.39 is 12.2 Å². The number of nitrogens with one attached hydrogen (secondary N) is 1. The number of benzene rings is 2. The standard InChI is InChI=1S/C23H22FN3O2/c1-15-13-27(14-25-15)20-9-7-16(11-21(20)29-2)8-10-22(28)26-23-18-6-4-3-5-17(18)12-19(23)24/h3-11,13-14,19,23H,12H2,1-2H3,(H,26,28)/t19-,23?/m0/s1. The van der Waals surface area contributed by atoms with Crippen molar-refractivity contribution in [2.75, 3.05) is 7.11 Å².